The van der Waals surface area contributed by atoms with Gasteiger partial charge < -0.3 is 4.74 Å². The molecule has 0 atom stereocenters. The molecule has 2 N–H and O–H groups in total. The lowest BCUT2D eigenvalue weighted by molar-refractivity contribution is 0.445. The first kappa shape index (κ1) is 15.4. The zero-order valence-electron chi connectivity index (χ0n) is 10.9. The number of benzene rings is 1. The molecule has 21 heavy (non-hydrogen) atoms. The van der Waals surface area contributed by atoms with Crippen molar-refractivity contribution in [3.63, 3.8) is 0 Å². The summed E-state index contributed by atoms with van der Waals surface area (Å²) in [4.78, 5) is 3.57. The summed E-state index contributed by atoms with van der Waals surface area (Å²) in [6.45, 7) is 0. The van der Waals surface area contributed by atoms with E-state index < -0.39 is 19.9 Å². The number of pyridine rings is 1. The van der Waals surface area contributed by atoms with Gasteiger partial charge in [-0.25, -0.2) is 27.0 Å². The van der Waals surface area contributed by atoms with Crippen LogP contribution in [0, 0.1) is 0 Å². The van der Waals surface area contributed by atoms with E-state index in [1.807, 2.05) is 0 Å². The molecule has 2 aromatic rings. The fourth-order valence-corrected chi connectivity index (χ4v) is 2.81. The Bertz CT molecular complexity index is 876. The van der Waals surface area contributed by atoms with Crippen LogP contribution in [0.25, 0.3) is 0 Å². The van der Waals surface area contributed by atoms with E-state index in [0.29, 0.717) is 0 Å². The van der Waals surface area contributed by atoms with Gasteiger partial charge in [0.25, 0.3) is 0 Å². The first-order valence-electron chi connectivity index (χ1n) is 5.64. The zero-order valence-corrected chi connectivity index (χ0v) is 12.6. The monoisotopic (exact) mass is 328 g/mol. The number of primary sulfonamides is 1. The Hall–Kier alpha value is -1.97. The van der Waals surface area contributed by atoms with E-state index in [1.54, 1.807) is 0 Å². The highest BCUT2D eigenvalue weighted by molar-refractivity contribution is 7.90. The Morgan fingerprint density at radius 1 is 1.10 bits per heavy atom. The third-order valence-electron chi connectivity index (χ3n) is 2.49. The number of sulfone groups is 1. The summed E-state index contributed by atoms with van der Waals surface area (Å²) >= 11 is 0. The number of hydrogen-bond acceptors (Lipinski definition) is 6. The van der Waals surface area contributed by atoms with Crippen LogP contribution in [0.1, 0.15) is 0 Å². The van der Waals surface area contributed by atoms with Crippen LogP contribution >= 0.6 is 0 Å². The average Bonchev–Trinajstić information content (AvgIpc) is 2.37. The maximum Gasteiger partial charge on any atom is 0.243 e. The highest BCUT2D eigenvalue weighted by Crippen LogP contribution is 2.26. The van der Waals surface area contributed by atoms with Crippen LogP contribution in [0.3, 0.4) is 0 Å². The van der Waals surface area contributed by atoms with E-state index in [9.17, 15) is 16.8 Å². The topological polar surface area (TPSA) is 116 Å². The minimum absolute atomic E-state index is 0.0492. The molecule has 0 fully saturated rings. The molecule has 0 aliphatic carbocycles. The van der Waals surface area contributed by atoms with Gasteiger partial charge in [-0.1, -0.05) is 6.07 Å². The molecular weight excluding hydrogens is 316 g/mol. The van der Waals surface area contributed by atoms with Gasteiger partial charge in [0.2, 0.25) is 15.9 Å². The van der Waals surface area contributed by atoms with Crippen molar-refractivity contribution in [1.82, 2.24) is 4.98 Å². The normalized spacial score (nSPS) is 12.1. The molecule has 0 amide bonds. The van der Waals surface area contributed by atoms with Gasteiger partial charge in [-0.05, 0) is 30.3 Å². The van der Waals surface area contributed by atoms with Crippen molar-refractivity contribution in [2.75, 3.05) is 6.26 Å². The molecule has 9 heteroatoms. The highest BCUT2D eigenvalue weighted by atomic mass is 32.2. The molecule has 0 bridgehead atoms. The summed E-state index contributed by atoms with van der Waals surface area (Å²) in [6, 6.07) is 8.29. The van der Waals surface area contributed by atoms with Gasteiger partial charge in [-0.3, -0.25) is 0 Å². The molecular formula is C12H12N2O5S2. The smallest absolute Gasteiger partial charge is 0.243 e. The van der Waals surface area contributed by atoms with E-state index in [0.717, 1.165) is 6.26 Å². The molecule has 112 valence electrons. The Morgan fingerprint density at radius 3 is 2.43 bits per heavy atom. The largest absolute Gasteiger partial charge is 0.438 e. The minimum atomic E-state index is -4.00. The van der Waals surface area contributed by atoms with Crippen molar-refractivity contribution in [3.8, 4) is 11.6 Å². The van der Waals surface area contributed by atoms with Crippen LogP contribution in [0.2, 0.25) is 0 Å². The van der Waals surface area contributed by atoms with Gasteiger partial charge in [-0.2, -0.15) is 0 Å². The summed E-state index contributed by atoms with van der Waals surface area (Å²) in [5.41, 5.74) is 0. The number of rotatable bonds is 4. The molecule has 0 unspecified atom stereocenters. The molecule has 0 saturated carbocycles. The zero-order chi connectivity index (χ0) is 15.7. The molecule has 2 rings (SSSR count). The molecule has 1 aromatic carbocycles. The van der Waals surface area contributed by atoms with Crippen molar-refractivity contribution in [2.45, 2.75) is 9.79 Å². The van der Waals surface area contributed by atoms with Crippen LogP contribution in [0.5, 0.6) is 11.6 Å². The Balaban J connectivity index is 2.45. The van der Waals surface area contributed by atoms with Gasteiger partial charge in [-0.15, -0.1) is 0 Å². The molecule has 1 heterocycles. The van der Waals surface area contributed by atoms with Crippen molar-refractivity contribution >= 4 is 19.9 Å². The minimum Gasteiger partial charge on any atom is -0.438 e. The lowest BCUT2D eigenvalue weighted by Crippen LogP contribution is -2.13. The number of aromatic nitrogens is 1. The molecule has 0 aliphatic rings. The summed E-state index contributed by atoms with van der Waals surface area (Å²) in [6.07, 6.45) is 2.40. The summed E-state index contributed by atoms with van der Waals surface area (Å²) < 4.78 is 51.2. The second kappa shape index (κ2) is 5.43. The van der Waals surface area contributed by atoms with Gasteiger partial charge in [0.15, 0.2) is 9.84 Å². The molecule has 7 nitrogen and oxygen atoms in total. The quantitative estimate of drug-likeness (QED) is 0.892. The lowest BCUT2D eigenvalue weighted by Gasteiger charge is -2.09. The van der Waals surface area contributed by atoms with Crippen LogP contribution in [-0.2, 0) is 19.9 Å². The van der Waals surface area contributed by atoms with Crippen LogP contribution in [-0.4, -0.2) is 28.1 Å². The van der Waals surface area contributed by atoms with E-state index in [-0.39, 0.29) is 21.4 Å². The van der Waals surface area contributed by atoms with Crippen molar-refractivity contribution in [1.29, 1.82) is 0 Å². The SMILES string of the molecule is CS(=O)(=O)c1cccc(Oc2ncccc2S(N)(=O)=O)c1. The summed E-state index contributed by atoms with van der Waals surface area (Å²) in [7, 11) is -7.40. The van der Waals surface area contributed by atoms with Crippen LogP contribution in [0.4, 0.5) is 0 Å². The standard InChI is InChI=1S/C12H12N2O5S2/c1-20(15,16)10-5-2-4-9(8-10)19-12-11(21(13,17)18)6-3-7-14-12/h2-8H,1H3,(H2,13,17,18). The molecule has 0 radical (unpaired) electrons. The first-order valence-corrected chi connectivity index (χ1v) is 9.07. The lowest BCUT2D eigenvalue weighted by atomic mass is 10.3. The second-order valence-corrected chi connectivity index (χ2v) is 7.75. The van der Waals surface area contributed by atoms with Gasteiger partial charge in [0, 0.05) is 12.5 Å². The fourth-order valence-electron chi connectivity index (χ4n) is 1.55. The van der Waals surface area contributed by atoms with Crippen LogP contribution in [0.15, 0.2) is 52.4 Å². The number of sulfonamides is 1. The van der Waals surface area contributed by atoms with Crippen molar-refractivity contribution in [2.24, 2.45) is 5.14 Å². The third-order valence-corrected chi connectivity index (χ3v) is 4.52. The van der Waals surface area contributed by atoms with E-state index >= 15 is 0 Å². The predicted octanol–water partition coefficient (Wildman–Crippen LogP) is 0.925. The number of nitrogens with zero attached hydrogens (tertiary/aromatic N) is 1. The summed E-state index contributed by atoms with van der Waals surface area (Å²) in [5, 5.41) is 5.07. The maximum atomic E-state index is 11.5. The van der Waals surface area contributed by atoms with Gasteiger partial charge in [0.1, 0.15) is 10.6 Å². The van der Waals surface area contributed by atoms with Crippen LogP contribution < -0.4 is 9.88 Å². The Labute approximate surface area is 122 Å². The predicted molar refractivity (Wildman–Crippen MR) is 75.2 cm³/mol. The van der Waals surface area contributed by atoms with Gasteiger partial charge in [0.05, 0.1) is 4.90 Å². The van der Waals surface area contributed by atoms with E-state index in [4.69, 9.17) is 9.88 Å². The highest BCUT2D eigenvalue weighted by Gasteiger charge is 2.17. The first-order chi connectivity index (χ1) is 9.68. The van der Waals surface area contributed by atoms with Crippen molar-refractivity contribution < 1.29 is 21.6 Å². The Kier molecular flexibility index (Phi) is 3.99. The molecule has 0 aliphatic heterocycles. The molecule has 0 saturated heterocycles. The Morgan fingerprint density at radius 2 is 1.81 bits per heavy atom. The summed E-state index contributed by atoms with van der Waals surface area (Å²) in [5.74, 6) is -0.0767. The molecule has 1 aromatic heterocycles. The number of nitrogens with two attached hydrogens (primary N) is 1. The fraction of sp³-hybridized carbons (Fsp3) is 0.0833. The third kappa shape index (κ3) is 3.78. The molecule has 0 spiro atoms. The maximum absolute atomic E-state index is 11.5. The van der Waals surface area contributed by atoms with Gasteiger partial charge >= 0.3 is 0 Å². The average molecular weight is 328 g/mol. The number of ether oxygens (including phenoxy) is 1. The van der Waals surface area contributed by atoms with Crippen molar-refractivity contribution in [3.05, 3.63) is 42.6 Å². The number of hydrogen-bond donors (Lipinski definition) is 1. The van der Waals surface area contributed by atoms with E-state index in [1.165, 1.54) is 42.6 Å². The second-order valence-electron chi connectivity index (χ2n) is 4.20. The van der Waals surface area contributed by atoms with E-state index in [2.05, 4.69) is 4.98 Å².